The highest BCUT2D eigenvalue weighted by molar-refractivity contribution is 7.99. The SMILES string of the molecule is Cn1cnnc1SCC(=O)Nc1cc(Cl)ccc1O. The minimum absolute atomic E-state index is 0.0265. The van der Waals surface area contributed by atoms with Gasteiger partial charge in [0, 0.05) is 12.1 Å². The average Bonchev–Trinajstić information content (AvgIpc) is 2.77. The lowest BCUT2D eigenvalue weighted by atomic mass is 10.3. The van der Waals surface area contributed by atoms with E-state index >= 15 is 0 Å². The van der Waals surface area contributed by atoms with Crippen molar-refractivity contribution in [3.63, 3.8) is 0 Å². The molecule has 1 aromatic heterocycles. The van der Waals surface area contributed by atoms with Gasteiger partial charge in [-0.3, -0.25) is 4.79 Å². The summed E-state index contributed by atoms with van der Waals surface area (Å²) in [4.78, 5) is 11.7. The van der Waals surface area contributed by atoms with Crippen LogP contribution in [-0.4, -0.2) is 31.5 Å². The number of thioether (sulfide) groups is 1. The van der Waals surface area contributed by atoms with Crippen LogP contribution in [-0.2, 0) is 11.8 Å². The summed E-state index contributed by atoms with van der Waals surface area (Å²) in [6, 6.07) is 4.45. The number of nitrogens with zero attached hydrogens (tertiary/aromatic N) is 3. The summed E-state index contributed by atoms with van der Waals surface area (Å²) in [5.41, 5.74) is 0.288. The van der Waals surface area contributed by atoms with Gasteiger partial charge in [0.1, 0.15) is 12.1 Å². The molecule has 2 aromatic rings. The number of carbonyl (C=O) groups excluding carboxylic acids is 1. The molecule has 19 heavy (non-hydrogen) atoms. The molecule has 2 rings (SSSR count). The number of phenols is 1. The van der Waals surface area contributed by atoms with E-state index in [1.165, 1.54) is 23.9 Å². The zero-order valence-electron chi connectivity index (χ0n) is 10.00. The molecule has 0 saturated carbocycles. The van der Waals surface area contributed by atoms with Gasteiger partial charge in [0.25, 0.3) is 0 Å². The van der Waals surface area contributed by atoms with Gasteiger partial charge in [-0.15, -0.1) is 10.2 Å². The fourth-order valence-electron chi connectivity index (χ4n) is 1.33. The van der Waals surface area contributed by atoms with Crippen molar-refractivity contribution in [2.45, 2.75) is 5.16 Å². The fourth-order valence-corrected chi connectivity index (χ4v) is 2.19. The average molecular weight is 299 g/mol. The van der Waals surface area contributed by atoms with Crippen LogP contribution in [0.25, 0.3) is 0 Å². The predicted octanol–water partition coefficient (Wildman–Crippen LogP) is 1.90. The summed E-state index contributed by atoms with van der Waals surface area (Å²) < 4.78 is 1.72. The van der Waals surface area contributed by atoms with Gasteiger partial charge in [0.05, 0.1) is 11.4 Å². The van der Waals surface area contributed by atoms with Crippen LogP contribution in [0.3, 0.4) is 0 Å². The Bertz CT molecular complexity index is 602. The van der Waals surface area contributed by atoms with Crippen LogP contribution < -0.4 is 5.32 Å². The van der Waals surface area contributed by atoms with Gasteiger partial charge in [-0.05, 0) is 18.2 Å². The number of hydrogen-bond donors (Lipinski definition) is 2. The van der Waals surface area contributed by atoms with E-state index in [2.05, 4.69) is 15.5 Å². The summed E-state index contributed by atoms with van der Waals surface area (Å²) in [7, 11) is 1.79. The van der Waals surface area contributed by atoms with Gasteiger partial charge in [0.15, 0.2) is 5.16 Å². The molecule has 0 spiro atoms. The van der Waals surface area contributed by atoms with Crippen molar-refractivity contribution in [3.8, 4) is 5.75 Å². The molecule has 8 heteroatoms. The number of anilines is 1. The maximum atomic E-state index is 11.7. The third-order valence-electron chi connectivity index (χ3n) is 2.23. The summed E-state index contributed by atoms with van der Waals surface area (Å²) in [5, 5.41) is 20.8. The number of benzene rings is 1. The molecule has 0 unspecified atom stereocenters. The standard InChI is InChI=1S/C11H11ClN4O2S/c1-16-6-13-15-11(16)19-5-10(18)14-8-4-7(12)2-3-9(8)17/h2-4,6,17H,5H2,1H3,(H,14,18). The molecular formula is C11H11ClN4O2S. The quantitative estimate of drug-likeness (QED) is 0.666. The first-order valence-electron chi connectivity index (χ1n) is 5.31. The highest BCUT2D eigenvalue weighted by Crippen LogP contribution is 2.26. The third-order valence-corrected chi connectivity index (χ3v) is 3.50. The van der Waals surface area contributed by atoms with Crippen LogP contribution in [0.1, 0.15) is 0 Å². The van der Waals surface area contributed by atoms with Crippen molar-refractivity contribution in [2.24, 2.45) is 7.05 Å². The number of rotatable bonds is 4. The smallest absolute Gasteiger partial charge is 0.234 e. The first-order valence-corrected chi connectivity index (χ1v) is 6.68. The summed E-state index contributed by atoms with van der Waals surface area (Å²) in [5.74, 6) is -0.120. The van der Waals surface area contributed by atoms with Crippen molar-refractivity contribution in [1.82, 2.24) is 14.8 Å². The second-order valence-electron chi connectivity index (χ2n) is 3.72. The number of amides is 1. The molecule has 0 bridgehead atoms. The highest BCUT2D eigenvalue weighted by Gasteiger charge is 2.09. The number of halogens is 1. The first kappa shape index (κ1) is 13.7. The van der Waals surface area contributed by atoms with Crippen LogP contribution in [0.5, 0.6) is 5.75 Å². The molecule has 100 valence electrons. The van der Waals surface area contributed by atoms with E-state index in [9.17, 15) is 9.90 Å². The minimum Gasteiger partial charge on any atom is -0.506 e. The van der Waals surface area contributed by atoms with Gasteiger partial charge in [-0.2, -0.15) is 0 Å². The normalized spacial score (nSPS) is 10.4. The molecule has 6 nitrogen and oxygen atoms in total. The maximum absolute atomic E-state index is 11.7. The molecule has 0 aliphatic carbocycles. The topological polar surface area (TPSA) is 80.0 Å². The Morgan fingerprint density at radius 2 is 2.37 bits per heavy atom. The number of aromatic nitrogens is 3. The second kappa shape index (κ2) is 5.94. The zero-order valence-corrected chi connectivity index (χ0v) is 11.6. The van der Waals surface area contributed by atoms with Crippen LogP contribution >= 0.6 is 23.4 Å². The van der Waals surface area contributed by atoms with E-state index in [-0.39, 0.29) is 23.1 Å². The van der Waals surface area contributed by atoms with E-state index in [1.54, 1.807) is 24.0 Å². The lowest BCUT2D eigenvalue weighted by Crippen LogP contribution is -2.14. The Labute approximate surface area is 118 Å². The molecule has 1 heterocycles. The van der Waals surface area contributed by atoms with Crippen LogP contribution in [0, 0.1) is 0 Å². The number of hydrogen-bond acceptors (Lipinski definition) is 5. The Balaban J connectivity index is 1.94. The Morgan fingerprint density at radius 3 is 3.05 bits per heavy atom. The summed E-state index contributed by atoms with van der Waals surface area (Å²) >= 11 is 7.04. The van der Waals surface area contributed by atoms with Gasteiger partial charge < -0.3 is 15.0 Å². The van der Waals surface area contributed by atoms with Crippen molar-refractivity contribution >= 4 is 35.0 Å². The lowest BCUT2D eigenvalue weighted by molar-refractivity contribution is -0.113. The van der Waals surface area contributed by atoms with E-state index in [1.807, 2.05) is 0 Å². The van der Waals surface area contributed by atoms with E-state index < -0.39 is 0 Å². The number of aryl methyl sites for hydroxylation is 1. The van der Waals surface area contributed by atoms with Crippen LogP contribution in [0.15, 0.2) is 29.7 Å². The van der Waals surface area contributed by atoms with Gasteiger partial charge in [-0.25, -0.2) is 0 Å². The third kappa shape index (κ3) is 3.62. The predicted molar refractivity (Wildman–Crippen MR) is 73.5 cm³/mol. The molecule has 1 aromatic carbocycles. The van der Waals surface area contributed by atoms with Gasteiger partial charge >= 0.3 is 0 Å². The fraction of sp³-hybridized carbons (Fsp3) is 0.182. The molecule has 0 aliphatic rings. The van der Waals surface area contributed by atoms with Crippen molar-refractivity contribution < 1.29 is 9.90 Å². The first-order chi connectivity index (χ1) is 9.06. The Kier molecular flexibility index (Phi) is 4.28. The number of aromatic hydroxyl groups is 1. The molecule has 0 fully saturated rings. The van der Waals surface area contributed by atoms with E-state index in [0.29, 0.717) is 10.2 Å². The minimum atomic E-state index is -0.259. The van der Waals surface area contributed by atoms with Gasteiger partial charge in [0.2, 0.25) is 5.91 Å². The highest BCUT2D eigenvalue weighted by atomic mass is 35.5. The molecule has 0 radical (unpaired) electrons. The lowest BCUT2D eigenvalue weighted by Gasteiger charge is -2.07. The van der Waals surface area contributed by atoms with E-state index in [4.69, 9.17) is 11.6 Å². The largest absolute Gasteiger partial charge is 0.506 e. The Hall–Kier alpha value is -1.73. The Morgan fingerprint density at radius 1 is 1.58 bits per heavy atom. The molecule has 0 saturated heterocycles. The summed E-state index contributed by atoms with van der Waals surface area (Å²) in [6.45, 7) is 0. The van der Waals surface area contributed by atoms with Crippen LogP contribution in [0.4, 0.5) is 5.69 Å². The van der Waals surface area contributed by atoms with E-state index in [0.717, 1.165) is 0 Å². The number of carbonyl (C=O) groups is 1. The second-order valence-corrected chi connectivity index (χ2v) is 5.10. The molecule has 0 aliphatic heterocycles. The zero-order chi connectivity index (χ0) is 13.8. The van der Waals surface area contributed by atoms with Gasteiger partial charge in [-0.1, -0.05) is 23.4 Å². The van der Waals surface area contributed by atoms with Crippen molar-refractivity contribution in [1.29, 1.82) is 0 Å². The number of phenolic OH excluding ortho intramolecular Hbond substituents is 1. The summed E-state index contributed by atoms with van der Waals surface area (Å²) in [6.07, 6.45) is 1.56. The maximum Gasteiger partial charge on any atom is 0.234 e. The van der Waals surface area contributed by atoms with Crippen molar-refractivity contribution in [3.05, 3.63) is 29.5 Å². The molecule has 1 amide bonds. The molecular weight excluding hydrogens is 288 g/mol. The molecule has 2 N–H and O–H groups in total. The monoisotopic (exact) mass is 298 g/mol. The number of nitrogens with one attached hydrogen (secondary N) is 1. The van der Waals surface area contributed by atoms with Crippen LogP contribution in [0.2, 0.25) is 5.02 Å². The molecule has 0 atom stereocenters. The van der Waals surface area contributed by atoms with Crippen molar-refractivity contribution in [2.75, 3.05) is 11.1 Å².